The van der Waals surface area contributed by atoms with Crippen molar-refractivity contribution in [3.05, 3.63) is 40.3 Å². The summed E-state index contributed by atoms with van der Waals surface area (Å²) >= 11 is 3.83. The predicted octanol–water partition coefficient (Wildman–Crippen LogP) is 3.61. The van der Waals surface area contributed by atoms with E-state index >= 15 is 8.78 Å². The number of nitrogens with zero attached hydrogens (tertiary/aromatic N) is 3. The van der Waals surface area contributed by atoms with Gasteiger partial charge in [0.05, 0.1) is 50.6 Å². The fourth-order valence-corrected chi connectivity index (χ4v) is 4.08. The summed E-state index contributed by atoms with van der Waals surface area (Å²) in [5.41, 5.74) is -1.95. The Kier molecular flexibility index (Phi) is 9.58. The number of amides is 1. The summed E-state index contributed by atoms with van der Waals surface area (Å²) < 4.78 is 52.1. The first-order chi connectivity index (χ1) is 18.9. The average molecular weight is 580 g/mol. The number of anilines is 1. The molecule has 0 radical (unpaired) electrons. The van der Waals surface area contributed by atoms with Crippen molar-refractivity contribution < 1.29 is 32.5 Å². The number of alkyl carbamates (subject to hydrolysis) is 1. The molecular formula is C26H31F2N5O6S. The molecule has 4 rings (SSSR count). The minimum Gasteiger partial charge on any atom is -0.494 e. The Morgan fingerprint density at radius 3 is 2.30 bits per heavy atom. The topological polar surface area (TPSA) is 126 Å². The Bertz CT molecular complexity index is 1430. The molecule has 216 valence electrons. The van der Waals surface area contributed by atoms with Crippen LogP contribution in [-0.4, -0.2) is 71.6 Å². The van der Waals surface area contributed by atoms with E-state index in [0.29, 0.717) is 5.39 Å². The molecule has 3 heterocycles. The molecule has 0 aliphatic carbocycles. The lowest BCUT2D eigenvalue weighted by molar-refractivity contribution is 0.0497. The van der Waals surface area contributed by atoms with Crippen LogP contribution >= 0.6 is 12.2 Å². The number of aryl methyl sites for hydroxylation is 1. The second-order valence-corrected chi connectivity index (χ2v) is 9.72. The number of fused-ring (bicyclic) bond motifs is 1. The number of halogens is 2. The fraction of sp³-hybridized carbons (Fsp3) is 0.423. The monoisotopic (exact) mass is 579 g/mol. The Labute approximate surface area is 234 Å². The highest BCUT2D eigenvalue weighted by atomic mass is 32.1. The second kappa shape index (κ2) is 12.5. The Morgan fingerprint density at radius 1 is 1.12 bits per heavy atom. The van der Waals surface area contributed by atoms with Crippen LogP contribution in [0.3, 0.4) is 0 Å². The van der Waals surface area contributed by atoms with Crippen molar-refractivity contribution >= 4 is 41.2 Å². The van der Waals surface area contributed by atoms with Gasteiger partial charge in [0.25, 0.3) is 5.56 Å². The smallest absolute Gasteiger partial charge is 0.408 e. The number of carbonyl (C=O) groups is 1. The van der Waals surface area contributed by atoms with Gasteiger partial charge >= 0.3 is 6.09 Å². The summed E-state index contributed by atoms with van der Waals surface area (Å²) in [6, 6.07) is 1.60. The molecule has 1 amide bonds. The summed E-state index contributed by atoms with van der Waals surface area (Å²) in [5.74, 6) is 0.388. The quantitative estimate of drug-likeness (QED) is 0.419. The number of methoxy groups -OCH3 is 2. The Hall–Kier alpha value is -3.91. The van der Waals surface area contributed by atoms with Crippen LogP contribution in [0.15, 0.2) is 23.1 Å². The molecule has 0 spiro atoms. The van der Waals surface area contributed by atoms with Crippen molar-refractivity contribution in [1.82, 2.24) is 19.9 Å². The van der Waals surface area contributed by atoms with Crippen LogP contribution in [0, 0.1) is 11.6 Å². The SMILES string of the molecule is C=S.COc1cc(OC)c(F)c(-c2cc3cnc(NC4COCC4NC(=O)OC(C)(C)C)nc3n(C)c2=O)c1F. The van der Waals surface area contributed by atoms with Crippen LogP contribution < -0.4 is 25.7 Å². The summed E-state index contributed by atoms with van der Waals surface area (Å²) in [6.45, 7) is 5.82. The highest BCUT2D eigenvalue weighted by Crippen LogP contribution is 2.37. The summed E-state index contributed by atoms with van der Waals surface area (Å²) in [4.78, 5) is 34.1. The largest absolute Gasteiger partial charge is 0.494 e. The highest BCUT2D eigenvalue weighted by molar-refractivity contribution is 7.77. The van der Waals surface area contributed by atoms with Gasteiger partial charge in [-0.3, -0.25) is 9.36 Å². The van der Waals surface area contributed by atoms with E-state index in [4.69, 9.17) is 18.9 Å². The molecule has 1 fully saturated rings. The average Bonchev–Trinajstić information content (AvgIpc) is 3.33. The van der Waals surface area contributed by atoms with E-state index in [1.165, 1.54) is 38.1 Å². The van der Waals surface area contributed by atoms with Gasteiger partial charge in [-0.2, -0.15) is 4.98 Å². The third kappa shape index (κ3) is 6.45. The van der Waals surface area contributed by atoms with Crippen molar-refractivity contribution in [2.45, 2.75) is 38.5 Å². The zero-order valence-electron chi connectivity index (χ0n) is 23.0. The number of thiocarbonyl (C=S) groups is 1. The van der Waals surface area contributed by atoms with Crippen LogP contribution in [0.1, 0.15) is 20.8 Å². The molecule has 0 bridgehead atoms. The van der Waals surface area contributed by atoms with Crippen molar-refractivity contribution in [1.29, 1.82) is 0 Å². The van der Waals surface area contributed by atoms with Gasteiger partial charge in [-0.15, -0.1) is 0 Å². The molecule has 3 aromatic rings. The van der Waals surface area contributed by atoms with E-state index in [1.54, 1.807) is 20.8 Å². The molecule has 1 aromatic carbocycles. The van der Waals surface area contributed by atoms with E-state index in [2.05, 4.69) is 38.7 Å². The van der Waals surface area contributed by atoms with Gasteiger partial charge in [-0.25, -0.2) is 18.6 Å². The van der Waals surface area contributed by atoms with Crippen LogP contribution in [0.25, 0.3) is 22.2 Å². The number of ether oxygens (including phenoxy) is 4. The van der Waals surface area contributed by atoms with Gasteiger partial charge in [0, 0.05) is 24.7 Å². The number of pyridine rings is 1. The normalized spacial score (nSPS) is 16.6. The Balaban J connectivity index is 0.00000216. The van der Waals surface area contributed by atoms with E-state index in [0.717, 1.165) is 6.07 Å². The molecule has 14 heteroatoms. The lowest BCUT2D eigenvalue weighted by Gasteiger charge is -2.24. The predicted molar refractivity (Wildman–Crippen MR) is 149 cm³/mol. The second-order valence-electron chi connectivity index (χ2n) is 9.72. The third-order valence-electron chi connectivity index (χ3n) is 5.89. The first kappa shape index (κ1) is 30.6. The maximum absolute atomic E-state index is 15.1. The first-order valence-corrected chi connectivity index (χ1v) is 12.6. The number of hydrogen-bond donors (Lipinski definition) is 2. The van der Waals surface area contributed by atoms with Crippen LogP contribution in [0.2, 0.25) is 0 Å². The lowest BCUT2D eigenvalue weighted by atomic mass is 10.0. The zero-order valence-corrected chi connectivity index (χ0v) is 23.8. The van der Waals surface area contributed by atoms with Gasteiger partial charge in [-0.05, 0) is 32.7 Å². The summed E-state index contributed by atoms with van der Waals surface area (Å²) in [7, 11) is 3.89. The van der Waals surface area contributed by atoms with Gasteiger partial charge in [-0.1, -0.05) is 12.2 Å². The molecular weight excluding hydrogens is 548 g/mol. The zero-order chi connectivity index (χ0) is 29.8. The van der Waals surface area contributed by atoms with Gasteiger partial charge in [0.15, 0.2) is 23.1 Å². The molecule has 1 aliphatic heterocycles. The number of rotatable bonds is 6. The fourth-order valence-electron chi connectivity index (χ4n) is 4.08. The van der Waals surface area contributed by atoms with Gasteiger partial charge in [0.1, 0.15) is 11.2 Å². The molecule has 2 unspecified atom stereocenters. The van der Waals surface area contributed by atoms with E-state index in [1.807, 2.05) is 0 Å². The van der Waals surface area contributed by atoms with Crippen LogP contribution in [0.5, 0.6) is 11.5 Å². The minimum absolute atomic E-state index is 0.173. The van der Waals surface area contributed by atoms with Gasteiger partial charge in [0.2, 0.25) is 5.95 Å². The lowest BCUT2D eigenvalue weighted by Crippen LogP contribution is -2.47. The standard InChI is InChI=1S/C25H29F2N5O6.CH2S/c1-25(2,3)38-24(34)30-15-11-37-10-14(15)29-23-28-9-12-7-13(22(33)32(4)21(12)31-23)18-19(26)16(35-5)8-17(36-6)20(18)27;1-2/h7-9,14-15H,10-11H2,1-6H3,(H,30,34)(H,28,29,31);1H2. The van der Waals surface area contributed by atoms with Crippen LogP contribution in [-0.2, 0) is 16.5 Å². The molecule has 2 aromatic heterocycles. The molecule has 2 N–H and O–H groups in total. The number of carbonyl (C=O) groups excluding carboxylic acids is 1. The molecule has 0 saturated carbocycles. The number of hydrogen-bond acceptors (Lipinski definition) is 10. The summed E-state index contributed by atoms with van der Waals surface area (Å²) in [5, 5.41) is 6.23. The number of nitrogens with one attached hydrogen (secondary N) is 2. The Morgan fingerprint density at radius 2 is 1.73 bits per heavy atom. The van der Waals surface area contributed by atoms with Crippen molar-refractivity contribution in [3.8, 4) is 22.6 Å². The minimum atomic E-state index is -1.04. The molecule has 11 nitrogen and oxygen atoms in total. The van der Waals surface area contributed by atoms with Crippen molar-refractivity contribution in [3.63, 3.8) is 0 Å². The summed E-state index contributed by atoms with van der Waals surface area (Å²) in [6.07, 6.45) is 0.843. The van der Waals surface area contributed by atoms with Gasteiger partial charge < -0.3 is 29.6 Å². The molecule has 2 atom stereocenters. The van der Waals surface area contributed by atoms with E-state index in [-0.39, 0.29) is 47.9 Å². The van der Waals surface area contributed by atoms with Crippen molar-refractivity contribution in [2.24, 2.45) is 7.05 Å². The third-order valence-corrected chi connectivity index (χ3v) is 5.89. The van der Waals surface area contributed by atoms with E-state index < -0.39 is 40.5 Å². The molecule has 1 saturated heterocycles. The highest BCUT2D eigenvalue weighted by Gasteiger charge is 2.32. The molecule has 40 heavy (non-hydrogen) atoms. The van der Waals surface area contributed by atoms with E-state index in [9.17, 15) is 9.59 Å². The first-order valence-electron chi connectivity index (χ1n) is 12.0. The molecule has 1 aliphatic rings. The number of benzene rings is 1. The van der Waals surface area contributed by atoms with Crippen LogP contribution in [0.4, 0.5) is 19.5 Å². The van der Waals surface area contributed by atoms with Crippen molar-refractivity contribution in [2.75, 3.05) is 32.8 Å². The maximum atomic E-state index is 15.1. The number of aromatic nitrogens is 3. The maximum Gasteiger partial charge on any atom is 0.408 e.